The van der Waals surface area contributed by atoms with Gasteiger partial charge in [-0.2, -0.15) is 13.2 Å². The van der Waals surface area contributed by atoms with Crippen LogP contribution in [0.4, 0.5) is 18.0 Å². The summed E-state index contributed by atoms with van der Waals surface area (Å²) in [5.41, 5.74) is -0.479. The monoisotopic (exact) mass is 518 g/mol. The summed E-state index contributed by atoms with van der Waals surface area (Å²) in [5.74, 6) is 0.380. The lowest BCUT2D eigenvalue weighted by atomic mass is 10.0. The van der Waals surface area contributed by atoms with Crippen LogP contribution in [-0.2, 0) is 20.4 Å². The van der Waals surface area contributed by atoms with Crippen molar-refractivity contribution in [2.45, 2.75) is 25.6 Å². The number of carbonyl (C=O) groups excluding carboxylic acids is 1. The van der Waals surface area contributed by atoms with Crippen LogP contribution in [0, 0.1) is 0 Å². The molecule has 0 spiro atoms. The van der Waals surface area contributed by atoms with Crippen molar-refractivity contribution in [3.63, 3.8) is 0 Å². The Morgan fingerprint density at radius 3 is 2.74 bits per heavy atom. The number of morpholine rings is 1. The van der Waals surface area contributed by atoms with Crippen molar-refractivity contribution in [1.29, 1.82) is 0 Å². The second kappa shape index (κ2) is 12.3. The SMILES string of the molecule is CCCOC(=O)N1CCOCC1c1ccc(OCCOC)cc1Oc1ncc(C(F)(F)F)cc1Cl. The van der Waals surface area contributed by atoms with Gasteiger partial charge < -0.3 is 23.7 Å². The van der Waals surface area contributed by atoms with E-state index in [-0.39, 0.29) is 43.0 Å². The number of alkyl halides is 3. The average molecular weight is 519 g/mol. The number of rotatable bonds is 9. The predicted octanol–water partition coefficient (Wildman–Crippen LogP) is 5.49. The van der Waals surface area contributed by atoms with Crippen LogP contribution < -0.4 is 9.47 Å². The van der Waals surface area contributed by atoms with Crippen molar-refractivity contribution in [2.75, 3.05) is 46.7 Å². The first-order valence-corrected chi connectivity index (χ1v) is 11.3. The van der Waals surface area contributed by atoms with E-state index in [1.165, 1.54) is 12.0 Å². The van der Waals surface area contributed by atoms with Crippen LogP contribution in [0.25, 0.3) is 0 Å². The number of methoxy groups -OCH3 is 1. The van der Waals surface area contributed by atoms with E-state index in [9.17, 15) is 18.0 Å². The van der Waals surface area contributed by atoms with Crippen molar-refractivity contribution in [3.05, 3.63) is 46.6 Å². The highest BCUT2D eigenvalue weighted by molar-refractivity contribution is 6.31. The molecule has 1 fully saturated rings. The van der Waals surface area contributed by atoms with E-state index in [1.54, 1.807) is 18.2 Å². The van der Waals surface area contributed by atoms with Crippen molar-refractivity contribution < 1.29 is 41.7 Å². The smallest absolute Gasteiger partial charge is 0.417 e. The molecule has 1 aromatic carbocycles. The molecule has 1 saturated heterocycles. The first-order chi connectivity index (χ1) is 16.7. The standard InChI is InChI=1S/C23H26ClF3N2O6/c1-3-7-34-22(30)29-6-8-32-14-19(29)17-5-4-16(33-10-9-31-2)12-20(17)35-21-18(24)11-15(13-28-21)23(25,26)27/h4-5,11-13,19H,3,6-10,14H2,1-2H3. The zero-order valence-electron chi connectivity index (χ0n) is 19.3. The van der Waals surface area contributed by atoms with Gasteiger partial charge in [0.05, 0.1) is 38.0 Å². The number of halogens is 4. The van der Waals surface area contributed by atoms with Gasteiger partial charge in [0.15, 0.2) is 0 Å². The topological polar surface area (TPSA) is 79.4 Å². The van der Waals surface area contributed by atoms with Crippen LogP contribution in [0.5, 0.6) is 17.4 Å². The van der Waals surface area contributed by atoms with Crippen LogP contribution in [0.3, 0.4) is 0 Å². The third kappa shape index (κ3) is 7.12. The van der Waals surface area contributed by atoms with Gasteiger partial charge in [-0.05, 0) is 24.6 Å². The summed E-state index contributed by atoms with van der Waals surface area (Å²) in [5, 5.41) is -0.324. The molecule has 1 atom stereocenters. The van der Waals surface area contributed by atoms with E-state index >= 15 is 0 Å². The molecule has 1 unspecified atom stereocenters. The van der Waals surface area contributed by atoms with Gasteiger partial charge in [-0.15, -0.1) is 0 Å². The summed E-state index contributed by atoms with van der Waals surface area (Å²) in [7, 11) is 1.54. The fourth-order valence-corrected chi connectivity index (χ4v) is 3.53. The molecule has 1 aliphatic rings. The van der Waals surface area contributed by atoms with Gasteiger partial charge in [0.25, 0.3) is 0 Å². The lowest BCUT2D eigenvalue weighted by Crippen LogP contribution is -2.43. The summed E-state index contributed by atoms with van der Waals surface area (Å²) in [6.45, 7) is 3.54. The summed E-state index contributed by atoms with van der Waals surface area (Å²) in [6.07, 6.45) is -3.80. The molecule has 0 saturated carbocycles. The molecule has 1 aromatic heterocycles. The molecule has 1 amide bonds. The Morgan fingerprint density at radius 1 is 1.26 bits per heavy atom. The summed E-state index contributed by atoms with van der Waals surface area (Å²) in [4.78, 5) is 17.9. The highest BCUT2D eigenvalue weighted by Crippen LogP contribution is 2.39. The van der Waals surface area contributed by atoms with E-state index in [2.05, 4.69) is 4.98 Å². The Bertz CT molecular complexity index is 1010. The molecule has 8 nitrogen and oxygen atoms in total. The van der Waals surface area contributed by atoms with Gasteiger partial charge in [-0.1, -0.05) is 18.5 Å². The maximum atomic E-state index is 13.0. The summed E-state index contributed by atoms with van der Waals surface area (Å²) < 4.78 is 66.4. The molecule has 192 valence electrons. The summed E-state index contributed by atoms with van der Waals surface area (Å²) in [6, 6.07) is 5.08. The largest absolute Gasteiger partial charge is 0.491 e. The predicted molar refractivity (Wildman–Crippen MR) is 120 cm³/mol. The molecule has 0 bridgehead atoms. The van der Waals surface area contributed by atoms with Crippen LogP contribution in [0.1, 0.15) is 30.5 Å². The van der Waals surface area contributed by atoms with Gasteiger partial charge in [0.2, 0.25) is 5.88 Å². The van der Waals surface area contributed by atoms with Crippen molar-refractivity contribution >= 4 is 17.7 Å². The number of nitrogens with zero attached hydrogens (tertiary/aromatic N) is 2. The Morgan fingerprint density at radius 2 is 2.06 bits per heavy atom. The number of hydrogen-bond donors (Lipinski definition) is 0. The third-order valence-electron chi connectivity index (χ3n) is 5.03. The second-order valence-electron chi connectivity index (χ2n) is 7.55. The maximum absolute atomic E-state index is 13.0. The van der Waals surface area contributed by atoms with Gasteiger partial charge in [0, 0.05) is 31.5 Å². The van der Waals surface area contributed by atoms with Crippen molar-refractivity contribution in [3.8, 4) is 17.4 Å². The molecule has 2 heterocycles. The average Bonchev–Trinajstić information content (AvgIpc) is 2.83. The van der Waals surface area contributed by atoms with E-state index in [4.69, 9.17) is 35.3 Å². The zero-order chi connectivity index (χ0) is 25.4. The number of hydrogen-bond acceptors (Lipinski definition) is 7. The first-order valence-electron chi connectivity index (χ1n) is 10.9. The second-order valence-corrected chi connectivity index (χ2v) is 7.96. The molecule has 1 aliphatic heterocycles. The molecular formula is C23H26ClF3N2O6. The number of aromatic nitrogens is 1. The Kier molecular flexibility index (Phi) is 9.41. The Hall–Kier alpha value is -2.76. The molecule has 2 aromatic rings. The lowest BCUT2D eigenvalue weighted by molar-refractivity contribution is -0.137. The molecular weight excluding hydrogens is 493 g/mol. The van der Waals surface area contributed by atoms with Gasteiger partial charge >= 0.3 is 12.3 Å². The third-order valence-corrected chi connectivity index (χ3v) is 5.31. The fourth-order valence-electron chi connectivity index (χ4n) is 3.32. The van der Waals surface area contributed by atoms with Gasteiger partial charge in [-0.3, -0.25) is 4.90 Å². The van der Waals surface area contributed by atoms with E-state index < -0.39 is 23.9 Å². The molecule has 0 N–H and O–H groups in total. The van der Waals surface area contributed by atoms with Crippen molar-refractivity contribution in [1.82, 2.24) is 9.88 Å². The molecule has 12 heteroatoms. The fraction of sp³-hybridized carbons (Fsp3) is 0.478. The normalized spacial score (nSPS) is 16.2. The lowest BCUT2D eigenvalue weighted by Gasteiger charge is -2.35. The Balaban J connectivity index is 1.96. The van der Waals surface area contributed by atoms with E-state index in [0.717, 1.165) is 6.07 Å². The minimum absolute atomic E-state index is 0.162. The molecule has 0 aliphatic carbocycles. The number of carbonyl (C=O) groups is 1. The zero-order valence-corrected chi connectivity index (χ0v) is 20.0. The maximum Gasteiger partial charge on any atom is 0.417 e. The number of benzene rings is 1. The van der Waals surface area contributed by atoms with Gasteiger partial charge in [0.1, 0.15) is 23.1 Å². The first kappa shape index (κ1) is 26.8. The van der Waals surface area contributed by atoms with Crippen LogP contribution in [-0.4, -0.2) is 62.7 Å². The van der Waals surface area contributed by atoms with Crippen LogP contribution >= 0.6 is 11.6 Å². The summed E-state index contributed by atoms with van der Waals surface area (Å²) >= 11 is 6.06. The number of amides is 1. The molecule has 0 radical (unpaired) electrons. The molecule has 3 rings (SSSR count). The Labute approximate surface area is 205 Å². The minimum Gasteiger partial charge on any atom is -0.491 e. The highest BCUT2D eigenvalue weighted by atomic mass is 35.5. The van der Waals surface area contributed by atoms with Crippen molar-refractivity contribution in [2.24, 2.45) is 0 Å². The van der Waals surface area contributed by atoms with Crippen LogP contribution in [0.15, 0.2) is 30.5 Å². The van der Waals surface area contributed by atoms with Crippen LogP contribution in [0.2, 0.25) is 5.02 Å². The van der Waals surface area contributed by atoms with E-state index in [1.807, 2.05) is 6.92 Å². The molecule has 35 heavy (non-hydrogen) atoms. The minimum atomic E-state index is -4.60. The number of pyridine rings is 1. The highest BCUT2D eigenvalue weighted by Gasteiger charge is 2.34. The number of ether oxygens (including phenoxy) is 5. The van der Waals surface area contributed by atoms with E-state index in [0.29, 0.717) is 37.1 Å². The quantitative estimate of drug-likeness (QED) is 0.406. The van der Waals surface area contributed by atoms with Gasteiger partial charge in [-0.25, -0.2) is 9.78 Å².